The van der Waals surface area contributed by atoms with Crippen molar-refractivity contribution < 1.29 is 9.53 Å². The van der Waals surface area contributed by atoms with E-state index in [1.807, 2.05) is 60.7 Å². The molecule has 0 amide bonds. The Morgan fingerprint density at radius 1 is 1.10 bits per heavy atom. The van der Waals surface area contributed by atoms with Crippen LogP contribution in [0.3, 0.4) is 0 Å². The number of ether oxygens (including phenoxy) is 1. The fourth-order valence-electron chi connectivity index (χ4n) is 3.41. The number of carbonyl (C=O) groups is 1. The van der Waals surface area contributed by atoms with Crippen LogP contribution in [0, 0.1) is 0 Å². The van der Waals surface area contributed by atoms with Gasteiger partial charge in [0.1, 0.15) is 6.04 Å². The summed E-state index contributed by atoms with van der Waals surface area (Å²) in [6.07, 6.45) is 3.46. The minimum atomic E-state index is -0.567. The molecule has 4 aromatic rings. The zero-order chi connectivity index (χ0) is 20.2. The van der Waals surface area contributed by atoms with Crippen LogP contribution in [-0.4, -0.2) is 29.9 Å². The summed E-state index contributed by atoms with van der Waals surface area (Å²) in [5.74, 6) is 1.21. The number of hydrogen-bond acceptors (Lipinski definition) is 5. The Labute approximate surface area is 168 Å². The van der Waals surface area contributed by atoms with Crippen molar-refractivity contribution >= 4 is 28.2 Å². The third-order valence-electron chi connectivity index (χ3n) is 4.87. The molecule has 2 aromatic carbocycles. The number of hydrogen-bond donors (Lipinski definition) is 3. The van der Waals surface area contributed by atoms with Crippen LogP contribution in [-0.2, 0) is 0 Å². The number of nitrogens with one attached hydrogen (secondary N) is 3. The fraction of sp³-hybridized carbons (Fsp3) is 0.130. The maximum absolute atomic E-state index is 13.6. The third kappa shape index (κ3) is 3.65. The molecule has 2 heterocycles. The number of para-hydroxylation sites is 1. The van der Waals surface area contributed by atoms with Crippen LogP contribution in [0.15, 0.2) is 73.1 Å². The van der Waals surface area contributed by atoms with Crippen molar-refractivity contribution in [2.45, 2.75) is 6.04 Å². The van der Waals surface area contributed by atoms with E-state index < -0.39 is 6.04 Å². The molecule has 0 fully saturated rings. The number of rotatable bonds is 7. The minimum absolute atomic E-state index is 0.0229. The SMILES string of the molecule is CNc1ncc(NC(C(=O)c2c[nH]c3ccccc23)c2ccccc2)cc1OC. The van der Waals surface area contributed by atoms with E-state index in [0.717, 1.165) is 16.5 Å². The number of nitrogens with zero attached hydrogens (tertiary/aromatic N) is 1. The molecular formula is C23H22N4O2. The number of ketones is 1. The smallest absolute Gasteiger partial charge is 0.191 e. The largest absolute Gasteiger partial charge is 0.493 e. The summed E-state index contributed by atoms with van der Waals surface area (Å²) in [4.78, 5) is 21.1. The monoisotopic (exact) mass is 386 g/mol. The standard InChI is InChI=1S/C23H22N4O2/c1-24-23-20(29-2)12-16(13-26-23)27-21(15-8-4-3-5-9-15)22(28)18-14-25-19-11-7-6-10-17(18)19/h3-14,21,25,27H,1-2H3,(H,24,26). The Hall–Kier alpha value is -3.80. The van der Waals surface area contributed by atoms with Gasteiger partial charge in [0.15, 0.2) is 17.4 Å². The molecular weight excluding hydrogens is 364 g/mol. The summed E-state index contributed by atoms with van der Waals surface area (Å²) in [6.45, 7) is 0. The molecule has 0 saturated carbocycles. The molecule has 0 aliphatic rings. The Bertz CT molecular complexity index is 1140. The Kier molecular flexibility index (Phi) is 5.16. The van der Waals surface area contributed by atoms with Gasteiger partial charge in [0, 0.05) is 35.8 Å². The van der Waals surface area contributed by atoms with Gasteiger partial charge in [0.05, 0.1) is 19.0 Å². The minimum Gasteiger partial charge on any atom is -0.493 e. The maximum Gasteiger partial charge on any atom is 0.191 e. The van der Waals surface area contributed by atoms with E-state index in [4.69, 9.17) is 4.74 Å². The normalized spacial score (nSPS) is 11.8. The molecule has 6 heteroatoms. The molecule has 0 spiro atoms. The molecule has 146 valence electrons. The van der Waals surface area contributed by atoms with Gasteiger partial charge in [-0.1, -0.05) is 48.5 Å². The van der Waals surface area contributed by atoms with Gasteiger partial charge in [-0.15, -0.1) is 0 Å². The van der Waals surface area contributed by atoms with E-state index in [9.17, 15) is 4.79 Å². The molecule has 1 atom stereocenters. The molecule has 4 rings (SSSR count). The van der Waals surface area contributed by atoms with Crippen LogP contribution < -0.4 is 15.4 Å². The second-order valence-corrected chi connectivity index (χ2v) is 6.63. The van der Waals surface area contributed by atoms with Gasteiger partial charge in [-0.2, -0.15) is 0 Å². The van der Waals surface area contributed by atoms with Crippen LogP contribution in [0.2, 0.25) is 0 Å². The zero-order valence-corrected chi connectivity index (χ0v) is 16.3. The van der Waals surface area contributed by atoms with Crippen LogP contribution in [0.5, 0.6) is 5.75 Å². The van der Waals surface area contributed by atoms with Crippen LogP contribution >= 0.6 is 0 Å². The molecule has 0 saturated heterocycles. The highest BCUT2D eigenvalue weighted by molar-refractivity contribution is 6.11. The second-order valence-electron chi connectivity index (χ2n) is 6.63. The lowest BCUT2D eigenvalue weighted by Gasteiger charge is -2.20. The molecule has 6 nitrogen and oxygen atoms in total. The predicted molar refractivity (Wildman–Crippen MR) is 116 cm³/mol. The highest BCUT2D eigenvalue weighted by Gasteiger charge is 2.24. The Balaban J connectivity index is 1.74. The number of aromatic amines is 1. The molecule has 3 N–H and O–H groups in total. The lowest BCUT2D eigenvalue weighted by Crippen LogP contribution is -2.21. The number of anilines is 2. The van der Waals surface area contributed by atoms with Gasteiger partial charge in [-0.05, 0) is 11.6 Å². The molecule has 2 aromatic heterocycles. The average Bonchev–Trinajstić information content (AvgIpc) is 3.21. The number of fused-ring (bicyclic) bond motifs is 1. The quantitative estimate of drug-likeness (QED) is 0.403. The first kappa shape index (κ1) is 18.6. The third-order valence-corrected chi connectivity index (χ3v) is 4.87. The van der Waals surface area contributed by atoms with Crippen LogP contribution in [0.1, 0.15) is 22.0 Å². The van der Waals surface area contributed by atoms with Gasteiger partial charge in [-0.3, -0.25) is 4.79 Å². The molecule has 29 heavy (non-hydrogen) atoms. The van der Waals surface area contributed by atoms with Crippen LogP contribution in [0.25, 0.3) is 10.9 Å². The lowest BCUT2D eigenvalue weighted by atomic mass is 9.96. The average molecular weight is 386 g/mol. The van der Waals surface area contributed by atoms with Crippen molar-refractivity contribution in [1.29, 1.82) is 0 Å². The van der Waals surface area contributed by atoms with E-state index in [0.29, 0.717) is 22.8 Å². The molecule has 0 aliphatic heterocycles. The van der Waals surface area contributed by atoms with Crippen LogP contribution in [0.4, 0.5) is 11.5 Å². The molecule has 0 bridgehead atoms. The maximum atomic E-state index is 13.6. The number of pyridine rings is 1. The predicted octanol–water partition coefficient (Wildman–Crippen LogP) is 4.65. The molecule has 0 aliphatic carbocycles. The van der Waals surface area contributed by atoms with Crippen molar-refractivity contribution in [2.75, 3.05) is 24.8 Å². The van der Waals surface area contributed by atoms with Crippen molar-refractivity contribution in [3.05, 3.63) is 84.2 Å². The highest BCUT2D eigenvalue weighted by Crippen LogP contribution is 2.30. The first-order valence-corrected chi connectivity index (χ1v) is 9.35. The number of Topliss-reactive ketones (excluding diaryl/α,β-unsaturated/α-hetero) is 1. The summed E-state index contributed by atoms with van der Waals surface area (Å²) >= 11 is 0. The van der Waals surface area contributed by atoms with Gasteiger partial charge in [0.25, 0.3) is 0 Å². The van der Waals surface area contributed by atoms with Gasteiger partial charge >= 0.3 is 0 Å². The fourth-order valence-corrected chi connectivity index (χ4v) is 3.41. The summed E-state index contributed by atoms with van der Waals surface area (Å²) in [6, 6.07) is 18.7. The zero-order valence-electron chi connectivity index (χ0n) is 16.3. The highest BCUT2D eigenvalue weighted by atomic mass is 16.5. The van der Waals surface area contributed by atoms with E-state index in [-0.39, 0.29) is 5.78 Å². The number of aromatic nitrogens is 2. The van der Waals surface area contributed by atoms with Crippen molar-refractivity contribution in [3.8, 4) is 5.75 Å². The van der Waals surface area contributed by atoms with Gasteiger partial charge in [-0.25, -0.2) is 4.98 Å². The summed E-state index contributed by atoms with van der Waals surface area (Å²) in [5.41, 5.74) is 3.15. The summed E-state index contributed by atoms with van der Waals surface area (Å²) < 4.78 is 5.40. The van der Waals surface area contributed by atoms with E-state index in [1.165, 1.54) is 0 Å². The first-order valence-electron chi connectivity index (χ1n) is 9.35. The second kappa shape index (κ2) is 8.06. The van der Waals surface area contributed by atoms with E-state index in [2.05, 4.69) is 20.6 Å². The van der Waals surface area contributed by atoms with Crippen molar-refractivity contribution in [3.63, 3.8) is 0 Å². The first-order chi connectivity index (χ1) is 14.2. The summed E-state index contributed by atoms with van der Waals surface area (Å²) in [5, 5.41) is 7.23. The Morgan fingerprint density at radius 3 is 2.62 bits per heavy atom. The van der Waals surface area contributed by atoms with Gasteiger partial charge in [0.2, 0.25) is 0 Å². The molecule has 0 radical (unpaired) electrons. The van der Waals surface area contributed by atoms with E-state index >= 15 is 0 Å². The van der Waals surface area contributed by atoms with Crippen molar-refractivity contribution in [2.24, 2.45) is 0 Å². The van der Waals surface area contributed by atoms with Gasteiger partial charge < -0.3 is 20.4 Å². The summed E-state index contributed by atoms with van der Waals surface area (Å²) in [7, 11) is 3.37. The van der Waals surface area contributed by atoms with Crippen molar-refractivity contribution in [1.82, 2.24) is 9.97 Å². The lowest BCUT2D eigenvalue weighted by molar-refractivity contribution is 0.0971. The number of H-pyrrole nitrogens is 1. The Morgan fingerprint density at radius 2 is 1.86 bits per heavy atom. The van der Waals surface area contributed by atoms with E-state index in [1.54, 1.807) is 26.6 Å². The molecule has 1 unspecified atom stereocenters. The number of methoxy groups -OCH3 is 1. The number of benzene rings is 2. The number of carbonyl (C=O) groups excluding carboxylic acids is 1. The topological polar surface area (TPSA) is 79.0 Å².